The number of rotatable bonds is 6. The molecule has 0 aliphatic carbocycles. The van der Waals surface area contributed by atoms with E-state index in [1.807, 2.05) is 6.92 Å². The molecule has 1 unspecified atom stereocenters. The predicted molar refractivity (Wildman–Crippen MR) is 69.3 cm³/mol. The van der Waals surface area contributed by atoms with Crippen LogP contribution >= 0.6 is 0 Å². The van der Waals surface area contributed by atoms with E-state index in [-0.39, 0.29) is 11.9 Å². The molecule has 0 aliphatic rings. The number of pyridine rings is 1. The third-order valence-corrected chi connectivity index (χ3v) is 2.50. The van der Waals surface area contributed by atoms with Gasteiger partial charge in [-0.1, -0.05) is 19.4 Å². The molecule has 1 rings (SSSR count). The van der Waals surface area contributed by atoms with Crippen LogP contribution in [0.4, 0.5) is 4.39 Å². The van der Waals surface area contributed by atoms with Gasteiger partial charge in [0.25, 0.3) is 0 Å². The minimum atomic E-state index is -0.294. The van der Waals surface area contributed by atoms with Crippen molar-refractivity contribution in [3.8, 4) is 0 Å². The Morgan fingerprint density at radius 3 is 2.65 bits per heavy atom. The van der Waals surface area contributed by atoms with Gasteiger partial charge in [-0.25, -0.2) is 4.39 Å². The molecule has 0 saturated carbocycles. The highest BCUT2D eigenvalue weighted by atomic mass is 19.1. The summed E-state index contributed by atoms with van der Waals surface area (Å²) in [6.07, 6.45) is 3.15. The molecule has 0 radical (unpaired) electrons. The van der Waals surface area contributed by atoms with Gasteiger partial charge in [-0.3, -0.25) is 4.98 Å². The van der Waals surface area contributed by atoms with Crippen molar-refractivity contribution in [2.45, 2.75) is 45.7 Å². The fourth-order valence-corrected chi connectivity index (χ4v) is 1.70. The van der Waals surface area contributed by atoms with Crippen LogP contribution < -0.4 is 5.32 Å². The van der Waals surface area contributed by atoms with Gasteiger partial charge < -0.3 is 5.32 Å². The van der Waals surface area contributed by atoms with Gasteiger partial charge in [-0.2, -0.15) is 0 Å². The van der Waals surface area contributed by atoms with Crippen molar-refractivity contribution >= 4 is 0 Å². The van der Waals surface area contributed by atoms with Crippen LogP contribution in [0, 0.1) is 5.82 Å². The molecule has 17 heavy (non-hydrogen) atoms. The smallest absolute Gasteiger partial charge is 0.141 e. The lowest BCUT2D eigenvalue weighted by Crippen LogP contribution is -2.28. The average molecular weight is 236 g/mol. The van der Waals surface area contributed by atoms with Gasteiger partial charge in [0.15, 0.2) is 0 Å². The Bertz CT molecular complexity index is 357. The number of halogens is 1. The number of nitrogens with zero attached hydrogens (tertiary/aromatic N) is 1. The van der Waals surface area contributed by atoms with Gasteiger partial charge >= 0.3 is 0 Å². The van der Waals surface area contributed by atoms with E-state index in [1.165, 1.54) is 12.3 Å². The molecule has 3 heteroatoms. The second-order valence-electron chi connectivity index (χ2n) is 4.77. The topological polar surface area (TPSA) is 24.9 Å². The zero-order valence-electron chi connectivity index (χ0n) is 10.8. The average Bonchev–Trinajstić information content (AvgIpc) is 2.25. The van der Waals surface area contributed by atoms with Crippen molar-refractivity contribution in [2.24, 2.45) is 0 Å². The van der Waals surface area contributed by atoms with Crippen molar-refractivity contribution in [2.75, 3.05) is 0 Å². The van der Waals surface area contributed by atoms with Crippen LogP contribution in [0.2, 0.25) is 0 Å². The molecule has 0 saturated heterocycles. The van der Waals surface area contributed by atoms with Gasteiger partial charge in [0.2, 0.25) is 0 Å². The third-order valence-electron chi connectivity index (χ3n) is 2.50. The fourth-order valence-electron chi connectivity index (χ4n) is 1.70. The van der Waals surface area contributed by atoms with Gasteiger partial charge in [0, 0.05) is 12.1 Å². The molecule has 0 bridgehead atoms. The van der Waals surface area contributed by atoms with Crippen LogP contribution in [0.3, 0.4) is 0 Å². The first-order valence-electron chi connectivity index (χ1n) is 6.01. The predicted octanol–water partition coefficient (Wildman–Crippen LogP) is 3.62. The summed E-state index contributed by atoms with van der Waals surface area (Å²) in [6.45, 7) is 10.1. The monoisotopic (exact) mass is 236 g/mol. The van der Waals surface area contributed by atoms with Crippen molar-refractivity contribution < 1.29 is 4.39 Å². The lowest BCUT2D eigenvalue weighted by Gasteiger charge is -2.21. The van der Waals surface area contributed by atoms with E-state index in [0.29, 0.717) is 6.04 Å². The molecule has 1 N–H and O–H groups in total. The Morgan fingerprint density at radius 1 is 1.47 bits per heavy atom. The van der Waals surface area contributed by atoms with E-state index in [2.05, 4.69) is 30.7 Å². The van der Waals surface area contributed by atoms with Gasteiger partial charge in [0.1, 0.15) is 5.82 Å². The molecular weight excluding hydrogens is 215 g/mol. The van der Waals surface area contributed by atoms with E-state index in [9.17, 15) is 4.39 Å². The zero-order chi connectivity index (χ0) is 12.8. The van der Waals surface area contributed by atoms with Crippen LogP contribution in [0.1, 0.15) is 45.3 Å². The summed E-state index contributed by atoms with van der Waals surface area (Å²) in [7, 11) is 0. The molecule has 1 aromatic rings. The Morgan fingerprint density at radius 2 is 2.18 bits per heavy atom. The number of nitrogens with one attached hydrogen (secondary N) is 1. The van der Waals surface area contributed by atoms with Crippen LogP contribution in [0.25, 0.3) is 0 Å². The van der Waals surface area contributed by atoms with Gasteiger partial charge in [-0.15, -0.1) is 6.58 Å². The lowest BCUT2D eigenvalue weighted by molar-refractivity contribution is 0.442. The Hall–Kier alpha value is -1.22. The largest absolute Gasteiger partial charge is 0.306 e. The molecule has 0 aromatic carbocycles. The van der Waals surface area contributed by atoms with Crippen molar-refractivity contribution in [1.29, 1.82) is 0 Å². The first-order valence-corrected chi connectivity index (χ1v) is 6.01. The Labute approximate surface area is 103 Å². The van der Waals surface area contributed by atoms with Gasteiger partial charge in [-0.05, 0) is 31.9 Å². The summed E-state index contributed by atoms with van der Waals surface area (Å²) < 4.78 is 12.8. The molecule has 0 fully saturated rings. The quantitative estimate of drug-likeness (QED) is 0.763. The zero-order valence-corrected chi connectivity index (χ0v) is 10.8. The molecule has 1 aromatic heterocycles. The van der Waals surface area contributed by atoms with E-state index < -0.39 is 0 Å². The van der Waals surface area contributed by atoms with Crippen LogP contribution in [0.15, 0.2) is 30.5 Å². The van der Waals surface area contributed by atoms with Crippen LogP contribution in [-0.2, 0) is 0 Å². The summed E-state index contributed by atoms with van der Waals surface area (Å²) in [5.74, 6) is -0.294. The van der Waals surface area contributed by atoms with Crippen molar-refractivity contribution in [3.63, 3.8) is 0 Å². The second kappa shape index (κ2) is 6.50. The molecular formula is C14H21FN2. The standard InChI is InChI=1S/C14H21FN2/c1-10(2)5-7-14(17-11(3)4)13-8-6-12(15)9-16-13/h6,8-9,11,14,17H,1,5,7H2,2-4H3. The van der Waals surface area contributed by atoms with Gasteiger partial charge in [0.05, 0.1) is 11.9 Å². The molecule has 1 atom stereocenters. The summed E-state index contributed by atoms with van der Waals surface area (Å²) in [6, 6.07) is 3.73. The number of allylic oxidation sites excluding steroid dienone is 1. The summed E-state index contributed by atoms with van der Waals surface area (Å²) in [4.78, 5) is 4.14. The SMILES string of the molecule is C=C(C)CCC(NC(C)C)c1ccc(F)cn1. The van der Waals surface area contributed by atoms with Crippen molar-refractivity contribution in [3.05, 3.63) is 42.0 Å². The molecule has 1 heterocycles. The maximum Gasteiger partial charge on any atom is 0.141 e. The van der Waals surface area contributed by atoms with Crippen molar-refractivity contribution in [1.82, 2.24) is 10.3 Å². The highest BCUT2D eigenvalue weighted by Gasteiger charge is 2.13. The molecule has 2 nitrogen and oxygen atoms in total. The summed E-state index contributed by atoms with van der Waals surface area (Å²) in [5, 5.41) is 3.44. The maximum absolute atomic E-state index is 12.8. The normalized spacial score (nSPS) is 12.8. The number of hydrogen-bond donors (Lipinski definition) is 1. The number of aromatic nitrogens is 1. The minimum absolute atomic E-state index is 0.160. The first-order chi connectivity index (χ1) is 7.99. The highest BCUT2D eigenvalue weighted by molar-refractivity contribution is 5.10. The highest BCUT2D eigenvalue weighted by Crippen LogP contribution is 2.19. The fraction of sp³-hybridized carbons (Fsp3) is 0.500. The summed E-state index contributed by atoms with van der Waals surface area (Å²) in [5.41, 5.74) is 2.05. The Balaban J connectivity index is 2.74. The lowest BCUT2D eigenvalue weighted by atomic mass is 10.0. The van der Waals surface area contributed by atoms with E-state index in [0.717, 1.165) is 24.1 Å². The maximum atomic E-state index is 12.8. The molecule has 94 valence electrons. The van der Waals surface area contributed by atoms with Crippen LogP contribution in [0.5, 0.6) is 0 Å². The molecule has 0 spiro atoms. The molecule has 0 aliphatic heterocycles. The minimum Gasteiger partial charge on any atom is -0.306 e. The molecule has 0 amide bonds. The van der Waals surface area contributed by atoms with E-state index in [1.54, 1.807) is 6.07 Å². The number of hydrogen-bond acceptors (Lipinski definition) is 2. The van der Waals surface area contributed by atoms with Crippen LogP contribution in [-0.4, -0.2) is 11.0 Å². The first kappa shape index (κ1) is 13.8. The van der Waals surface area contributed by atoms with E-state index >= 15 is 0 Å². The van der Waals surface area contributed by atoms with E-state index in [4.69, 9.17) is 0 Å². The summed E-state index contributed by atoms with van der Waals surface area (Å²) >= 11 is 0. The Kier molecular flexibility index (Phi) is 5.29. The third kappa shape index (κ3) is 5.09. The second-order valence-corrected chi connectivity index (χ2v) is 4.77.